The minimum atomic E-state index is 0.148. The maximum absolute atomic E-state index is 5.42. The van der Waals surface area contributed by atoms with E-state index < -0.39 is 0 Å². The highest BCUT2D eigenvalue weighted by molar-refractivity contribution is 7.13. The fraction of sp³-hybridized carbons (Fsp3) is 0.800. The Morgan fingerprint density at radius 1 is 1.33 bits per heavy atom. The summed E-state index contributed by atoms with van der Waals surface area (Å²) in [5.74, 6) is 0. The third-order valence-electron chi connectivity index (χ3n) is 3.75. The van der Waals surface area contributed by atoms with Crippen molar-refractivity contribution in [1.82, 2.24) is 15.2 Å². The van der Waals surface area contributed by atoms with Crippen LogP contribution in [-0.4, -0.2) is 67.9 Å². The van der Waals surface area contributed by atoms with E-state index in [9.17, 15) is 0 Å². The summed E-state index contributed by atoms with van der Waals surface area (Å²) in [7, 11) is 1.79. The number of anilines is 1. The Morgan fingerprint density at radius 2 is 2.05 bits per heavy atom. The highest BCUT2D eigenvalue weighted by Gasteiger charge is 2.25. The van der Waals surface area contributed by atoms with Crippen molar-refractivity contribution in [2.45, 2.75) is 32.4 Å². The van der Waals surface area contributed by atoms with Crippen LogP contribution in [0.1, 0.15) is 20.8 Å². The van der Waals surface area contributed by atoms with Gasteiger partial charge in [0.15, 0.2) is 5.13 Å². The molecule has 0 amide bonds. The van der Waals surface area contributed by atoms with Crippen LogP contribution in [0.15, 0.2) is 11.6 Å². The minimum absolute atomic E-state index is 0.148. The molecule has 120 valence electrons. The first-order chi connectivity index (χ1) is 9.99. The van der Waals surface area contributed by atoms with Crippen LogP contribution in [0.2, 0.25) is 0 Å². The standard InChI is InChI=1S/C15H28N4OS/c1-15(2,3)17-11-13(12-20-4)18-6-8-19(9-7-18)14-16-5-10-21-14/h5,10,13,17H,6-9,11-12H2,1-4H3. The Balaban J connectivity index is 1.85. The third-order valence-corrected chi connectivity index (χ3v) is 4.58. The largest absolute Gasteiger partial charge is 0.383 e. The molecule has 0 spiro atoms. The van der Waals surface area contributed by atoms with Gasteiger partial charge in [-0.15, -0.1) is 11.3 Å². The van der Waals surface area contributed by atoms with Gasteiger partial charge in [-0.1, -0.05) is 0 Å². The minimum Gasteiger partial charge on any atom is -0.383 e. The lowest BCUT2D eigenvalue weighted by Crippen LogP contribution is -2.56. The number of aromatic nitrogens is 1. The summed E-state index contributed by atoms with van der Waals surface area (Å²) in [4.78, 5) is 9.31. The van der Waals surface area contributed by atoms with Gasteiger partial charge in [0.25, 0.3) is 0 Å². The highest BCUT2D eigenvalue weighted by atomic mass is 32.1. The third kappa shape index (κ3) is 5.21. The molecule has 2 rings (SSSR count). The molecule has 1 aromatic heterocycles. The number of ether oxygens (including phenoxy) is 1. The summed E-state index contributed by atoms with van der Waals surface area (Å²) in [6.07, 6.45) is 1.88. The maximum Gasteiger partial charge on any atom is 0.185 e. The van der Waals surface area contributed by atoms with Gasteiger partial charge in [-0.2, -0.15) is 0 Å². The summed E-state index contributed by atoms with van der Waals surface area (Å²) in [6.45, 7) is 12.6. The summed E-state index contributed by atoms with van der Waals surface area (Å²) in [5, 5.41) is 6.79. The molecule has 0 saturated carbocycles. The summed E-state index contributed by atoms with van der Waals surface area (Å²) < 4.78 is 5.42. The molecule has 0 aliphatic carbocycles. The van der Waals surface area contributed by atoms with Gasteiger partial charge < -0.3 is 15.0 Å². The average Bonchev–Trinajstić information content (AvgIpc) is 2.97. The Bertz CT molecular complexity index is 396. The molecule has 1 aliphatic rings. The Morgan fingerprint density at radius 3 is 2.57 bits per heavy atom. The van der Waals surface area contributed by atoms with Crippen molar-refractivity contribution in [2.75, 3.05) is 51.3 Å². The Kier molecular flexibility index (Phi) is 5.98. The predicted molar refractivity (Wildman–Crippen MR) is 89.3 cm³/mol. The molecule has 0 radical (unpaired) electrons. The van der Waals surface area contributed by atoms with Gasteiger partial charge in [0.1, 0.15) is 0 Å². The summed E-state index contributed by atoms with van der Waals surface area (Å²) in [6, 6.07) is 0.438. The second-order valence-electron chi connectivity index (χ2n) is 6.58. The number of hydrogen-bond donors (Lipinski definition) is 1. The van der Waals surface area contributed by atoms with Crippen LogP contribution in [0.25, 0.3) is 0 Å². The van der Waals surface area contributed by atoms with Crippen molar-refractivity contribution < 1.29 is 4.74 Å². The van der Waals surface area contributed by atoms with E-state index in [0.29, 0.717) is 6.04 Å². The first kappa shape index (κ1) is 16.7. The summed E-state index contributed by atoms with van der Waals surface area (Å²) in [5.41, 5.74) is 0.148. The monoisotopic (exact) mass is 312 g/mol. The topological polar surface area (TPSA) is 40.6 Å². The van der Waals surface area contributed by atoms with Crippen LogP contribution in [0.4, 0.5) is 5.13 Å². The fourth-order valence-electron chi connectivity index (χ4n) is 2.56. The Hall–Kier alpha value is -0.690. The lowest BCUT2D eigenvalue weighted by atomic mass is 10.1. The van der Waals surface area contributed by atoms with E-state index in [2.05, 4.69) is 40.9 Å². The SMILES string of the molecule is COCC(CNC(C)(C)C)N1CCN(c2nccs2)CC1. The molecule has 21 heavy (non-hydrogen) atoms. The van der Waals surface area contributed by atoms with Gasteiger partial charge in [-0.05, 0) is 20.8 Å². The second-order valence-corrected chi connectivity index (χ2v) is 7.45. The molecular formula is C15H28N4OS. The second kappa shape index (κ2) is 7.54. The number of nitrogens with zero attached hydrogens (tertiary/aromatic N) is 3. The van der Waals surface area contributed by atoms with Gasteiger partial charge in [0.2, 0.25) is 0 Å². The smallest absolute Gasteiger partial charge is 0.185 e. The summed E-state index contributed by atoms with van der Waals surface area (Å²) >= 11 is 1.72. The zero-order valence-electron chi connectivity index (χ0n) is 13.6. The molecule has 1 N–H and O–H groups in total. The van der Waals surface area contributed by atoms with Crippen molar-refractivity contribution in [2.24, 2.45) is 0 Å². The molecule has 0 bridgehead atoms. The number of nitrogens with one attached hydrogen (secondary N) is 1. The van der Waals surface area contributed by atoms with E-state index >= 15 is 0 Å². The van der Waals surface area contributed by atoms with E-state index in [4.69, 9.17) is 4.74 Å². The fourth-order valence-corrected chi connectivity index (χ4v) is 3.26. The van der Waals surface area contributed by atoms with Crippen molar-refractivity contribution >= 4 is 16.5 Å². The quantitative estimate of drug-likeness (QED) is 0.865. The van der Waals surface area contributed by atoms with Crippen molar-refractivity contribution in [1.29, 1.82) is 0 Å². The molecule has 1 aromatic rings. The van der Waals surface area contributed by atoms with Gasteiger partial charge in [0, 0.05) is 63.0 Å². The molecule has 1 atom stereocenters. The molecule has 1 aliphatic heterocycles. The number of hydrogen-bond acceptors (Lipinski definition) is 6. The number of rotatable bonds is 6. The number of piperazine rings is 1. The van der Waals surface area contributed by atoms with Crippen LogP contribution < -0.4 is 10.2 Å². The average molecular weight is 312 g/mol. The van der Waals surface area contributed by atoms with Gasteiger partial charge in [0.05, 0.1) is 6.61 Å². The molecule has 1 saturated heterocycles. The van der Waals surface area contributed by atoms with Crippen molar-refractivity contribution in [3.05, 3.63) is 11.6 Å². The van der Waals surface area contributed by atoms with Gasteiger partial charge in [-0.3, -0.25) is 4.90 Å². The molecule has 2 heterocycles. The van der Waals surface area contributed by atoms with Crippen molar-refractivity contribution in [3.63, 3.8) is 0 Å². The number of methoxy groups -OCH3 is 1. The van der Waals surface area contributed by atoms with Crippen molar-refractivity contribution in [3.8, 4) is 0 Å². The molecule has 0 aromatic carbocycles. The predicted octanol–water partition coefficient (Wildman–Crippen LogP) is 1.67. The van der Waals surface area contributed by atoms with E-state index in [0.717, 1.165) is 44.5 Å². The van der Waals surface area contributed by atoms with E-state index in [1.807, 2.05) is 11.6 Å². The molecule has 5 nitrogen and oxygen atoms in total. The van der Waals surface area contributed by atoms with E-state index in [1.165, 1.54) is 0 Å². The van der Waals surface area contributed by atoms with Crippen LogP contribution in [0.5, 0.6) is 0 Å². The normalized spacial score (nSPS) is 19.0. The van der Waals surface area contributed by atoms with E-state index in [-0.39, 0.29) is 5.54 Å². The zero-order valence-corrected chi connectivity index (χ0v) is 14.4. The molecule has 6 heteroatoms. The molecule has 1 unspecified atom stereocenters. The first-order valence-electron chi connectivity index (χ1n) is 7.62. The van der Waals surface area contributed by atoms with Crippen LogP contribution in [-0.2, 0) is 4.74 Å². The lowest BCUT2D eigenvalue weighted by Gasteiger charge is -2.40. The van der Waals surface area contributed by atoms with Crippen LogP contribution in [0, 0.1) is 0 Å². The lowest BCUT2D eigenvalue weighted by molar-refractivity contribution is 0.0814. The van der Waals surface area contributed by atoms with Crippen LogP contribution >= 0.6 is 11.3 Å². The Labute approximate surface area is 132 Å². The molecule has 1 fully saturated rings. The van der Waals surface area contributed by atoms with Gasteiger partial charge >= 0.3 is 0 Å². The van der Waals surface area contributed by atoms with E-state index in [1.54, 1.807) is 18.4 Å². The zero-order chi connectivity index (χ0) is 15.3. The van der Waals surface area contributed by atoms with Crippen LogP contribution in [0.3, 0.4) is 0 Å². The van der Waals surface area contributed by atoms with Gasteiger partial charge in [-0.25, -0.2) is 4.98 Å². The highest BCUT2D eigenvalue weighted by Crippen LogP contribution is 2.19. The number of thiazole rings is 1. The first-order valence-corrected chi connectivity index (χ1v) is 8.50. The molecular weight excluding hydrogens is 284 g/mol. The maximum atomic E-state index is 5.42.